The zero-order valence-corrected chi connectivity index (χ0v) is 17.6. The van der Waals surface area contributed by atoms with Crippen molar-refractivity contribution in [1.82, 2.24) is 4.57 Å². The van der Waals surface area contributed by atoms with E-state index in [9.17, 15) is 12.8 Å². The number of carboxylic acids is 1. The van der Waals surface area contributed by atoms with Crippen LogP contribution < -0.4 is 0 Å². The number of hydrogen-bond donors (Lipinski definition) is 1. The molecule has 1 aliphatic carbocycles. The number of aryl methyl sites for hydroxylation is 1. The molecule has 1 aromatic heterocycles. The van der Waals surface area contributed by atoms with Gasteiger partial charge < -0.3 is 9.67 Å². The molecule has 0 saturated heterocycles. The van der Waals surface area contributed by atoms with Gasteiger partial charge in [0.15, 0.2) is 9.84 Å². The van der Waals surface area contributed by atoms with E-state index in [1.165, 1.54) is 6.07 Å². The highest BCUT2D eigenvalue weighted by Gasteiger charge is 2.26. The van der Waals surface area contributed by atoms with Crippen molar-refractivity contribution in [1.29, 1.82) is 0 Å². The standard InChI is InChI=1S/C19H17ClFNO2S.C2H4O2/c1-25(23,24)18-10-14(21)9-16-15-3-2-4-17(15)22(19(16)18)11-12-5-7-13(20)8-6-12;1-2(3)4/h5-10H,2-4,11H2,1H3;1H3,(H,3,4). The Bertz CT molecular complexity index is 1180. The molecule has 0 spiro atoms. The topological polar surface area (TPSA) is 76.4 Å². The number of benzene rings is 2. The van der Waals surface area contributed by atoms with E-state index in [4.69, 9.17) is 21.5 Å². The Kier molecular flexibility index (Phi) is 6.00. The maximum atomic E-state index is 14.1. The highest BCUT2D eigenvalue weighted by molar-refractivity contribution is 7.91. The van der Waals surface area contributed by atoms with Gasteiger partial charge in [-0.1, -0.05) is 23.7 Å². The molecular formula is C21H21ClFNO4S. The van der Waals surface area contributed by atoms with Gasteiger partial charge in [0, 0.05) is 35.8 Å². The summed E-state index contributed by atoms with van der Waals surface area (Å²) in [5.74, 6) is -1.34. The molecule has 0 unspecified atom stereocenters. The zero-order chi connectivity index (χ0) is 21.3. The van der Waals surface area contributed by atoms with Gasteiger partial charge in [0.05, 0.1) is 10.4 Å². The molecule has 0 amide bonds. The molecule has 3 aromatic rings. The molecule has 0 fully saturated rings. The van der Waals surface area contributed by atoms with Crippen molar-refractivity contribution in [2.24, 2.45) is 0 Å². The third-order valence-electron chi connectivity index (χ3n) is 4.80. The fourth-order valence-electron chi connectivity index (χ4n) is 3.76. The minimum absolute atomic E-state index is 0.0610. The lowest BCUT2D eigenvalue weighted by atomic mass is 10.1. The Morgan fingerprint density at radius 2 is 1.83 bits per heavy atom. The van der Waals surface area contributed by atoms with Crippen molar-refractivity contribution in [3.05, 3.63) is 64.1 Å². The Morgan fingerprint density at radius 3 is 2.41 bits per heavy atom. The fourth-order valence-corrected chi connectivity index (χ4v) is 4.79. The maximum absolute atomic E-state index is 14.1. The molecule has 154 valence electrons. The lowest BCUT2D eigenvalue weighted by Gasteiger charge is -2.12. The average Bonchev–Trinajstić information content (AvgIpc) is 3.18. The van der Waals surface area contributed by atoms with Crippen LogP contribution in [0.15, 0.2) is 41.3 Å². The monoisotopic (exact) mass is 437 g/mol. The minimum atomic E-state index is -3.54. The molecule has 8 heteroatoms. The van der Waals surface area contributed by atoms with Crippen LogP contribution in [-0.2, 0) is 34.0 Å². The summed E-state index contributed by atoms with van der Waals surface area (Å²) in [6.07, 6.45) is 3.87. The second kappa shape index (κ2) is 8.16. The van der Waals surface area contributed by atoms with Crippen LogP contribution in [-0.4, -0.2) is 30.3 Å². The summed E-state index contributed by atoms with van der Waals surface area (Å²) >= 11 is 5.96. The van der Waals surface area contributed by atoms with E-state index >= 15 is 0 Å². The largest absolute Gasteiger partial charge is 0.481 e. The van der Waals surface area contributed by atoms with Gasteiger partial charge in [-0.3, -0.25) is 4.79 Å². The first-order chi connectivity index (χ1) is 13.6. The van der Waals surface area contributed by atoms with Crippen molar-refractivity contribution < 1.29 is 22.7 Å². The summed E-state index contributed by atoms with van der Waals surface area (Å²) in [5, 5.41) is 8.80. The molecule has 5 nitrogen and oxygen atoms in total. The normalized spacial score (nSPS) is 13.1. The smallest absolute Gasteiger partial charge is 0.300 e. The molecule has 0 atom stereocenters. The molecule has 2 aromatic carbocycles. The number of nitrogens with zero attached hydrogens (tertiary/aromatic N) is 1. The maximum Gasteiger partial charge on any atom is 0.300 e. The summed E-state index contributed by atoms with van der Waals surface area (Å²) < 4.78 is 40.7. The highest BCUT2D eigenvalue weighted by Crippen LogP contribution is 2.37. The van der Waals surface area contributed by atoms with Gasteiger partial charge in [-0.25, -0.2) is 12.8 Å². The predicted molar refractivity (Wildman–Crippen MR) is 111 cm³/mol. The quantitative estimate of drug-likeness (QED) is 0.656. The first-order valence-corrected chi connectivity index (χ1v) is 11.3. The summed E-state index contributed by atoms with van der Waals surface area (Å²) in [5.41, 5.74) is 3.83. The summed E-state index contributed by atoms with van der Waals surface area (Å²) in [7, 11) is -3.54. The Morgan fingerprint density at radius 1 is 1.21 bits per heavy atom. The van der Waals surface area contributed by atoms with Gasteiger partial charge in [0.2, 0.25) is 0 Å². The number of carboxylic acid groups (broad SMARTS) is 1. The van der Waals surface area contributed by atoms with Crippen LogP contribution in [0.1, 0.15) is 30.2 Å². The lowest BCUT2D eigenvalue weighted by molar-refractivity contribution is -0.134. The van der Waals surface area contributed by atoms with E-state index in [1.54, 1.807) is 0 Å². The molecule has 0 bridgehead atoms. The second-order valence-corrected chi connectivity index (χ2v) is 9.50. The van der Waals surface area contributed by atoms with E-state index in [2.05, 4.69) is 0 Å². The summed E-state index contributed by atoms with van der Waals surface area (Å²) in [6, 6.07) is 10.1. The Hall–Kier alpha value is -2.38. The minimum Gasteiger partial charge on any atom is -0.481 e. The lowest BCUT2D eigenvalue weighted by Crippen LogP contribution is -2.07. The third-order valence-corrected chi connectivity index (χ3v) is 6.16. The van der Waals surface area contributed by atoms with Gasteiger partial charge in [0.1, 0.15) is 5.82 Å². The number of aromatic nitrogens is 1. The summed E-state index contributed by atoms with van der Waals surface area (Å²) in [6.45, 7) is 1.62. The van der Waals surface area contributed by atoms with Crippen molar-refractivity contribution in [2.75, 3.05) is 6.26 Å². The van der Waals surface area contributed by atoms with Gasteiger partial charge >= 0.3 is 0 Å². The summed E-state index contributed by atoms with van der Waals surface area (Å²) in [4.78, 5) is 9.06. The molecular weight excluding hydrogens is 417 g/mol. The predicted octanol–water partition coefficient (Wildman–Crippen LogP) is 4.47. The van der Waals surface area contributed by atoms with E-state index in [0.29, 0.717) is 17.1 Å². The van der Waals surface area contributed by atoms with Crippen LogP contribution >= 0.6 is 11.6 Å². The molecule has 1 N–H and O–H groups in total. The van der Waals surface area contributed by atoms with Crippen molar-refractivity contribution >= 4 is 38.3 Å². The molecule has 0 radical (unpaired) electrons. The number of aliphatic carboxylic acids is 1. The third kappa shape index (κ3) is 4.62. The number of sulfone groups is 1. The number of carbonyl (C=O) groups is 1. The highest BCUT2D eigenvalue weighted by atomic mass is 35.5. The number of rotatable bonds is 3. The van der Waals surface area contributed by atoms with E-state index in [1.807, 2.05) is 28.8 Å². The Balaban J connectivity index is 0.000000552. The molecule has 0 aliphatic heterocycles. The second-order valence-electron chi connectivity index (χ2n) is 7.08. The zero-order valence-electron chi connectivity index (χ0n) is 16.1. The number of fused-ring (bicyclic) bond motifs is 3. The molecule has 1 heterocycles. The fraction of sp³-hybridized carbons (Fsp3) is 0.286. The van der Waals surface area contributed by atoms with E-state index in [-0.39, 0.29) is 4.90 Å². The van der Waals surface area contributed by atoms with Crippen LogP contribution in [0.5, 0.6) is 0 Å². The Labute approximate surface area is 173 Å². The number of halogens is 2. The molecule has 1 aliphatic rings. The SMILES string of the molecule is CC(=O)O.CS(=O)(=O)c1cc(F)cc2c3c(n(Cc4ccc(Cl)cc4)c12)CCC3. The van der Waals surface area contributed by atoms with Crippen LogP contribution in [0.2, 0.25) is 5.02 Å². The first-order valence-electron chi connectivity index (χ1n) is 9.05. The van der Waals surface area contributed by atoms with Gasteiger partial charge in [-0.05, 0) is 54.7 Å². The van der Waals surface area contributed by atoms with E-state index in [0.717, 1.165) is 60.7 Å². The molecule has 29 heavy (non-hydrogen) atoms. The van der Waals surface area contributed by atoms with Crippen molar-refractivity contribution in [2.45, 2.75) is 37.6 Å². The van der Waals surface area contributed by atoms with Crippen LogP contribution in [0.3, 0.4) is 0 Å². The van der Waals surface area contributed by atoms with Crippen LogP contribution in [0.25, 0.3) is 10.9 Å². The number of hydrogen-bond acceptors (Lipinski definition) is 3. The van der Waals surface area contributed by atoms with Gasteiger partial charge in [0.25, 0.3) is 5.97 Å². The van der Waals surface area contributed by atoms with Crippen LogP contribution in [0.4, 0.5) is 4.39 Å². The van der Waals surface area contributed by atoms with Crippen molar-refractivity contribution in [3.8, 4) is 0 Å². The van der Waals surface area contributed by atoms with Gasteiger partial charge in [-0.2, -0.15) is 0 Å². The first kappa shape index (κ1) is 21.3. The molecule has 0 saturated carbocycles. The molecule has 4 rings (SSSR count). The van der Waals surface area contributed by atoms with Gasteiger partial charge in [-0.15, -0.1) is 0 Å². The average molecular weight is 438 g/mol. The van der Waals surface area contributed by atoms with Crippen molar-refractivity contribution in [3.63, 3.8) is 0 Å². The van der Waals surface area contributed by atoms with E-state index < -0.39 is 21.6 Å². The van der Waals surface area contributed by atoms with Crippen LogP contribution in [0, 0.1) is 5.82 Å².